The third-order valence-electron chi connectivity index (χ3n) is 3.69. The molecule has 1 aliphatic heterocycles. The first-order valence-electron chi connectivity index (χ1n) is 7.50. The number of ether oxygens (including phenoxy) is 2. The molecule has 1 atom stereocenters. The van der Waals surface area contributed by atoms with E-state index in [1.807, 2.05) is 6.92 Å². The zero-order valence-electron chi connectivity index (χ0n) is 12.9. The van der Waals surface area contributed by atoms with Crippen LogP contribution in [0.15, 0.2) is 12.1 Å². The summed E-state index contributed by atoms with van der Waals surface area (Å²) in [4.78, 5) is 14.0. The number of nitrogens with zero attached hydrogens (tertiary/aromatic N) is 1. The molecule has 0 spiro atoms. The Morgan fingerprint density at radius 2 is 2.09 bits per heavy atom. The Morgan fingerprint density at radius 3 is 2.59 bits per heavy atom. The highest BCUT2D eigenvalue weighted by Gasteiger charge is 2.27. The maximum atomic E-state index is 14.1. The normalized spacial score (nSPS) is 17.5. The molecule has 0 N–H and O–H groups in total. The monoisotopic (exact) mass is 313 g/mol. The Morgan fingerprint density at radius 1 is 1.41 bits per heavy atom. The maximum Gasteiger partial charge on any atom is 0.259 e. The average Bonchev–Trinajstić information content (AvgIpc) is 2.98. The quantitative estimate of drug-likeness (QED) is 0.810. The predicted molar refractivity (Wildman–Crippen MR) is 78.1 cm³/mol. The number of hydrogen-bond donors (Lipinski definition) is 0. The number of carbonyl (C=O) groups is 1. The smallest absolute Gasteiger partial charge is 0.259 e. The van der Waals surface area contributed by atoms with Crippen molar-refractivity contribution in [3.8, 4) is 5.75 Å². The molecule has 4 nitrogen and oxygen atoms in total. The van der Waals surface area contributed by atoms with Crippen LogP contribution in [0, 0.1) is 11.6 Å². The summed E-state index contributed by atoms with van der Waals surface area (Å²) in [5, 5.41) is 0. The van der Waals surface area contributed by atoms with Crippen molar-refractivity contribution in [1.82, 2.24) is 4.90 Å². The van der Waals surface area contributed by atoms with Crippen molar-refractivity contribution in [2.75, 3.05) is 26.8 Å². The lowest BCUT2D eigenvalue weighted by atomic mass is 10.1. The highest BCUT2D eigenvalue weighted by atomic mass is 19.1. The molecular formula is C16H21F2NO3. The first-order valence-corrected chi connectivity index (χ1v) is 7.50. The summed E-state index contributed by atoms with van der Waals surface area (Å²) in [6, 6.07) is 2.04. The van der Waals surface area contributed by atoms with Gasteiger partial charge in [0.15, 0.2) is 0 Å². The fraction of sp³-hybridized carbons (Fsp3) is 0.562. The van der Waals surface area contributed by atoms with Crippen LogP contribution < -0.4 is 4.74 Å². The van der Waals surface area contributed by atoms with E-state index in [0.717, 1.165) is 25.0 Å². The summed E-state index contributed by atoms with van der Waals surface area (Å²) < 4.78 is 38.4. The Labute approximate surface area is 129 Å². The van der Waals surface area contributed by atoms with Gasteiger partial charge in [0.25, 0.3) is 5.91 Å². The number of rotatable bonds is 6. The molecule has 0 bridgehead atoms. The molecule has 1 aromatic rings. The first-order chi connectivity index (χ1) is 10.6. The molecule has 1 saturated heterocycles. The van der Waals surface area contributed by atoms with Crippen LogP contribution in [0.2, 0.25) is 0 Å². The van der Waals surface area contributed by atoms with Crippen molar-refractivity contribution in [3.05, 3.63) is 29.3 Å². The molecule has 0 radical (unpaired) electrons. The van der Waals surface area contributed by atoms with Gasteiger partial charge in [0.2, 0.25) is 0 Å². The number of halogens is 2. The van der Waals surface area contributed by atoms with Crippen LogP contribution >= 0.6 is 0 Å². The van der Waals surface area contributed by atoms with Gasteiger partial charge in [-0.1, -0.05) is 6.92 Å². The van der Waals surface area contributed by atoms with Crippen molar-refractivity contribution in [3.63, 3.8) is 0 Å². The van der Waals surface area contributed by atoms with Crippen LogP contribution in [0.4, 0.5) is 8.78 Å². The van der Waals surface area contributed by atoms with Crippen molar-refractivity contribution in [2.45, 2.75) is 32.3 Å². The predicted octanol–water partition coefficient (Wildman–Crippen LogP) is 3.00. The summed E-state index contributed by atoms with van der Waals surface area (Å²) >= 11 is 0. The number of amides is 1. The van der Waals surface area contributed by atoms with Crippen LogP contribution in [0.25, 0.3) is 0 Å². The van der Waals surface area contributed by atoms with Gasteiger partial charge in [0, 0.05) is 31.8 Å². The van der Waals surface area contributed by atoms with Crippen molar-refractivity contribution >= 4 is 5.91 Å². The molecule has 0 aliphatic carbocycles. The van der Waals surface area contributed by atoms with E-state index in [1.54, 1.807) is 0 Å². The maximum absolute atomic E-state index is 14.1. The zero-order valence-corrected chi connectivity index (χ0v) is 12.9. The minimum atomic E-state index is -0.907. The van der Waals surface area contributed by atoms with Crippen molar-refractivity contribution in [2.24, 2.45) is 0 Å². The lowest BCUT2D eigenvalue weighted by Crippen LogP contribution is -2.38. The number of hydrogen-bond acceptors (Lipinski definition) is 3. The molecule has 0 saturated carbocycles. The van der Waals surface area contributed by atoms with Crippen molar-refractivity contribution in [1.29, 1.82) is 0 Å². The summed E-state index contributed by atoms with van der Waals surface area (Å²) in [5.41, 5.74) is -0.535. The summed E-state index contributed by atoms with van der Waals surface area (Å²) in [5.74, 6) is -2.41. The van der Waals surface area contributed by atoms with Gasteiger partial charge in [-0.2, -0.15) is 0 Å². The van der Waals surface area contributed by atoms with Gasteiger partial charge < -0.3 is 14.4 Å². The number of benzene rings is 1. The topological polar surface area (TPSA) is 38.8 Å². The van der Waals surface area contributed by atoms with E-state index in [9.17, 15) is 13.6 Å². The van der Waals surface area contributed by atoms with Gasteiger partial charge in [0.05, 0.1) is 13.2 Å². The molecule has 1 heterocycles. The molecule has 2 rings (SSSR count). The lowest BCUT2D eigenvalue weighted by Gasteiger charge is -2.25. The van der Waals surface area contributed by atoms with Gasteiger partial charge in [-0.15, -0.1) is 0 Å². The summed E-state index contributed by atoms with van der Waals surface area (Å²) in [6.45, 7) is 3.38. The van der Waals surface area contributed by atoms with E-state index in [-0.39, 0.29) is 11.9 Å². The summed E-state index contributed by atoms with van der Waals surface area (Å²) in [7, 11) is 1.32. The minimum Gasteiger partial charge on any atom is -0.497 e. The third kappa shape index (κ3) is 3.74. The zero-order chi connectivity index (χ0) is 16.1. The van der Waals surface area contributed by atoms with E-state index < -0.39 is 23.1 Å². The first kappa shape index (κ1) is 16.7. The van der Waals surface area contributed by atoms with E-state index >= 15 is 0 Å². The number of carbonyl (C=O) groups excluding carboxylic acids is 1. The van der Waals surface area contributed by atoms with Crippen LogP contribution in [0.1, 0.15) is 36.5 Å². The van der Waals surface area contributed by atoms with Crippen LogP contribution in [0.3, 0.4) is 0 Å². The largest absolute Gasteiger partial charge is 0.497 e. The highest BCUT2D eigenvalue weighted by molar-refractivity contribution is 5.95. The molecule has 6 heteroatoms. The SMILES string of the molecule is CCCN(CC1CCCO1)C(=O)c1c(F)cc(OC)cc1F. The second-order valence-electron chi connectivity index (χ2n) is 5.35. The average molecular weight is 313 g/mol. The highest BCUT2D eigenvalue weighted by Crippen LogP contribution is 2.23. The molecular weight excluding hydrogens is 292 g/mol. The van der Waals surface area contributed by atoms with E-state index in [0.29, 0.717) is 26.1 Å². The molecule has 1 aromatic carbocycles. The van der Waals surface area contributed by atoms with E-state index in [2.05, 4.69) is 0 Å². The fourth-order valence-electron chi connectivity index (χ4n) is 2.61. The minimum absolute atomic E-state index is 0.0488. The summed E-state index contributed by atoms with van der Waals surface area (Å²) in [6.07, 6.45) is 2.46. The molecule has 22 heavy (non-hydrogen) atoms. The lowest BCUT2D eigenvalue weighted by molar-refractivity contribution is 0.0519. The third-order valence-corrected chi connectivity index (χ3v) is 3.69. The van der Waals surface area contributed by atoms with E-state index in [1.165, 1.54) is 12.0 Å². The van der Waals surface area contributed by atoms with Crippen LogP contribution in [0.5, 0.6) is 5.75 Å². The molecule has 1 amide bonds. The molecule has 1 aliphatic rings. The second kappa shape index (κ2) is 7.54. The Hall–Kier alpha value is -1.69. The fourth-order valence-corrected chi connectivity index (χ4v) is 2.61. The van der Waals surface area contributed by atoms with Crippen LogP contribution in [-0.4, -0.2) is 43.7 Å². The van der Waals surface area contributed by atoms with Gasteiger partial charge in [-0.3, -0.25) is 4.79 Å². The standard InChI is InChI=1S/C16H21F2NO3/c1-3-6-19(10-11-5-4-7-22-11)16(20)15-13(17)8-12(21-2)9-14(15)18/h8-9,11H,3-7,10H2,1-2H3. The number of methoxy groups -OCH3 is 1. The Bertz CT molecular complexity index is 507. The van der Waals surface area contributed by atoms with E-state index in [4.69, 9.17) is 9.47 Å². The molecule has 1 fully saturated rings. The molecule has 122 valence electrons. The Kier molecular flexibility index (Phi) is 5.71. The van der Waals surface area contributed by atoms with Gasteiger partial charge >= 0.3 is 0 Å². The van der Waals surface area contributed by atoms with Gasteiger partial charge in [-0.05, 0) is 19.3 Å². The second-order valence-corrected chi connectivity index (χ2v) is 5.35. The molecule has 1 unspecified atom stereocenters. The Balaban J connectivity index is 2.22. The van der Waals surface area contributed by atoms with Gasteiger partial charge in [0.1, 0.15) is 22.9 Å². The van der Waals surface area contributed by atoms with Crippen molar-refractivity contribution < 1.29 is 23.0 Å². The molecule has 0 aromatic heterocycles. The van der Waals surface area contributed by atoms with Crippen LogP contribution in [-0.2, 0) is 4.74 Å². The van der Waals surface area contributed by atoms with Gasteiger partial charge in [-0.25, -0.2) is 8.78 Å².